The first kappa shape index (κ1) is 9.11. The maximum absolute atomic E-state index is 9.54. The van der Waals surface area contributed by atoms with Crippen LogP contribution in [-0.4, -0.2) is 5.11 Å². The number of rotatable bonds is 0. The minimum Gasteiger partial charge on any atom is -0.508 e. The number of benzene rings is 1. The molecule has 0 spiro atoms. The lowest BCUT2D eigenvalue weighted by Crippen LogP contribution is -2.11. The van der Waals surface area contributed by atoms with E-state index in [1.165, 1.54) is 0 Å². The highest BCUT2D eigenvalue weighted by molar-refractivity contribution is 5.41. The molecule has 0 fully saturated rings. The van der Waals surface area contributed by atoms with Gasteiger partial charge in [-0.15, -0.1) is 0 Å². The van der Waals surface area contributed by atoms with Crippen LogP contribution in [0.4, 0.5) is 0 Å². The molecule has 0 saturated heterocycles. The van der Waals surface area contributed by atoms with Gasteiger partial charge in [-0.25, -0.2) is 0 Å². The molecule has 1 heteroatoms. The van der Waals surface area contributed by atoms with Crippen molar-refractivity contribution in [3.63, 3.8) is 0 Å². The van der Waals surface area contributed by atoms with Gasteiger partial charge in [0, 0.05) is 0 Å². The second-order valence-corrected chi connectivity index (χ2v) is 4.10. The monoisotopic (exact) mass is 163 g/mol. The van der Waals surface area contributed by atoms with Gasteiger partial charge in [-0.1, -0.05) is 32.9 Å². The van der Waals surface area contributed by atoms with Gasteiger partial charge in [0.15, 0.2) is 0 Å². The summed E-state index contributed by atoms with van der Waals surface area (Å²) in [7, 11) is 0. The Morgan fingerprint density at radius 2 is 1.83 bits per heavy atom. The highest BCUT2D eigenvalue weighted by atomic mass is 16.3. The summed E-state index contributed by atoms with van der Waals surface area (Å²) in [5.74, 6) is 0.356. The van der Waals surface area contributed by atoms with Crippen LogP contribution in [0.1, 0.15) is 31.9 Å². The second-order valence-electron chi connectivity index (χ2n) is 4.10. The van der Waals surface area contributed by atoms with E-state index < -0.39 is 0 Å². The van der Waals surface area contributed by atoms with Gasteiger partial charge >= 0.3 is 0 Å². The molecule has 0 amide bonds. The normalized spacial score (nSPS) is 11.7. The van der Waals surface area contributed by atoms with Crippen molar-refractivity contribution >= 4 is 0 Å². The quantitative estimate of drug-likeness (QED) is 0.623. The summed E-state index contributed by atoms with van der Waals surface area (Å²) in [4.78, 5) is 0. The van der Waals surface area contributed by atoms with Crippen LogP contribution >= 0.6 is 0 Å². The van der Waals surface area contributed by atoms with Gasteiger partial charge in [0.05, 0.1) is 0 Å². The van der Waals surface area contributed by atoms with E-state index in [2.05, 4.69) is 27.7 Å². The van der Waals surface area contributed by atoms with Crippen molar-refractivity contribution in [3.8, 4) is 5.75 Å². The van der Waals surface area contributed by atoms with Crippen LogP contribution in [0.3, 0.4) is 0 Å². The van der Waals surface area contributed by atoms with E-state index >= 15 is 0 Å². The van der Waals surface area contributed by atoms with E-state index in [4.69, 9.17) is 0 Å². The summed E-state index contributed by atoms with van der Waals surface area (Å²) in [5, 5.41) is 9.54. The topological polar surface area (TPSA) is 20.2 Å². The standard InChI is InChI=1S/C11H15O/c1-8-5-6-10(12)9(7-8)11(2,3)4/h5-7,12H,1H2,2-4H3. The van der Waals surface area contributed by atoms with Gasteiger partial charge in [0.1, 0.15) is 5.75 Å². The fourth-order valence-corrected chi connectivity index (χ4v) is 1.18. The first-order chi connectivity index (χ1) is 5.41. The zero-order chi connectivity index (χ0) is 9.35. The number of hydrogen-bond acceptors (Lipinski definition) is 1. The molecule has 0 aliphatic carbocycles. The van der Waals surface area contributed by atoms with Crippen molar-refractivity contribution in [1.82, 2.24) is 0 Å². The van der Waals surface area contributed by atoms with E-state index in [1.807, 2.05) is 12.1 Å². The zero-order valence-corrected chi connectivity index (χ0v) is 7.89. The smallest absolute Gasteiger partial charge is 0.119 e. The average Bonchev–Trinajstić information content (AvgIpc) is 1.92. The Bertz CT molecular complexity index is 282. The SMILES string of the molecule is [CH2]c1ccc(O)c(C(C)(C)C)c1. The summed E-state index contributed by atoms with van der Waals surface area (Å²) in [6, 6.07) is 5.43. The third-order valence-electron chi connectivity index (χ3n) is 1.87. The van der Waals surface area contributed by atoms with Crippen LogP contribution in [0.25, 0.3) is 0 Å². The molecule has 1 aromatic rings. The molecule has 1 rings (SSSR count). The van der Waals surface area contributed by atoms with Gasteiger partial charge in [-0.05, 0) is 29.5 Å². The molecule has 1 nitrogen and oxygen atoms in total. The summed E-state index contributed by atoms with van der Waals surface area (Å²) >= 11 is 0. The number of phenolic OH excluding ortho intramolecular Hbond substituents is 1. The van der Waals surface area contributed by atoms with E-state index in [9.17, 15) is 5.11 Å². The lowest BCUT2D eigenvalue weighted by atomic mass is 9.85. The number of phenols is 1. The molecular weight excluding hydrogens is 148 g/mol. The van der Waals surface area contributed by atoms with Crippen molar-refractivity contribution in [2.24, 2.45) is 0 Å². The molecule has 1 N–H and O–H groups in total. The molecule has 1 radical (unpaired) electrons. The molecular formula is C11H15O. The summed E-state index contributed by atoms with van der Waals surface area (Å²) in [6.07, 6.45) is 0. The van der Waals surface area contributed by atoms with Crippen LogP contribution in [0, 0.1) is 6.92 Å². The highest BCUT2D eigenvalue weighted by Crippen LogP contribution is 2.30. The Morgan fingerprint density at radius 1 is 1.25 bits per heavy atom. The molecule has 0 heterocycles. The number of hydrogen-bond donors (Lipinski definition) is 1. The van der Waals surface area contributed by atoms with Crippen molar-refractivity contribution in [3.05, 3.63) is 36.2 Å². The minimum atomic E-state index is -0.0161. The average molecular weight is 163 g/mol. The van der Waals surface area contributed by atoms with Crippen molar-refractivity contribution in [1.29, 1.82) is 0 Å². The van der Waals surface area contributed by atoms with Crippen molar-refractivity contribution < 1.29 is 5.11 Å². The van der Waals surface area contributed by atoms with Gasteiger partial charge < -0.3 is 5.11 Å². The van der Waals surface area contributed by atoms with Crippen LogP contribution in [0.5, 0.6) is 5.75 Å². The fraction of sp³-hybridized carbons (Fsp3) is 0.364. The Morgan fingerprint density at radius 3 is 2.25 bits per heavy atom. The molecule has 0 unspecified atom stereocenters. The van der Waals surface area contributed by atoms with Gasteiger partial charge in [0.25, 0.3) is 0 Å². The van der Waals surface area contributed by atoms with Gasteiger partial charge in [-0.3, -0.25) is 0 Å². The number of aromatic hydroxyl groups is 1. The van der Waals surface area contributed by atoms with Gasteiger partial charge in [-0.2, -0.15) is 0 Å². The van der Waals surface area contributed by atoms with Crippen LogP contribution in [0.2, 0.25) is 0 Å². The third kappa shape index (κ3) is 1.79. The molecule has 0 saturated carbocycles. The van der Waals surface area contributed by atoms with E-state index in [0.29, 0.717) is 5.75 Å². The Hall–Kier alpha value is -0.980. The largest absolute Gasteiger partial charge is 0.508 e. The molecule has 65 valence electrons. The molecule has 0 aliphatic rings. The molecule has 0 atom stereocenters. The fourth-order valence-electron chi connectivity index (χ4n) is 1.18. The second kappa shape index (κ2) is 2.81. The summed E-state index contributed by atoms with van der Waals surface area (Å²) < 4.78 is 0. The van der Waals surface area contributed by atoms with E-state index in [-0.39, 0.29) is 5.41 Å². The maximum Gasteiger partial charge on any atom is 0.119 e. The first-order valence-electron chi connectivity index (χ1n) is 4.07. The summed E-state index contributed by atoms with van der Waals surface area (Å²) in [6.45, 7) is 10.0. The maximum atomic E-state index is 9.54. The van der Waals surface area contributed by atoms with E-state index in [0.717, 1.165) is 11.1 Å². The van der Waals surface area contributed by atoms with E-state index in [1.54, 1.807) is 6.07 Å². The Kier molecular flexibility index (Phi) is 2.14. The van der Waals surface area contributed by atoms with Crippen LogP contribution in [-0.2, 0) is 5.41 Å². The molecule has 0 bridgehead atoms. The lowest BCUT2D eigenvalue weighted by Gasteiger charge is -2.20. The summed E-state index contributed by atoms with van der Waals surface area (Å²) in [5.41, 5.74) is 1.88. The lowest BCUT2D eigenvalue weighted by molar-refractivity contribution is 0.446. The van der Waals surface area contributed by atoms with Crippen LogP contribution in [0.15, 0.2) is 18.2 Å². The van der Waals surface area contributed by atoms with Gasteiger partial charge in [0.2, 0.25) is 0 Å². The minimum absolute atomic E-state index is 0.0161. The zero-order valence-electron chi connectivity index (χ0n) is 7.89. The molecule has 1 aromatic carbocycles. The van der Waals surface area contributed by atoms with Crippen molar-refractivity contribution in [2.75, 3.05) is 0 Å². The van der Waals surface area contributed by atoms with Crippen molar-refractivity contribution in [2.45, 2.75) is 26.2 Å². The Labute approximate surface area is 74.1 Å². The Balaban J connectivity index is 3.23. The molecule has 0 aromatic heterocycles. The third-order valence-corrected chi connectivity index (χ3v) is 1.87. The highest BCUT2D eigenvalue weighted by Gasteiger charge is 2.17. The predicted octanol–water partition coefficient (Wildman–Crippen LogP) is 2.87. The first-order valence-corrected chi connectivity index (χ1v) is 4.07. The van der Waals surface area contributed by atoms with Crippen LogP contribution < -0.4 is 0 Å². The molecule has 12 heavy (non-hydrogen) atoms. The molecule has 0 aliphatic heterocycles. The predicted molar refractivity (Wildman–Crippen MR) is 51.3 cm³/mol.